The van der Waals surface area contributed by atoms with E-state index >= 15 is 0 Å². The summed E-state index contributed by atoms with van der Waals surface area (Å²) >= 11 is 0. The van der Waals surface area contributed by atoms with Crippen molar-refractivity contribution in [2.24, 2.45) is 0 Å². The molecular formula is C12H13NO2. The molecule has 0 saturated heterocycles. The molecular weight excluding hydrogens is 190 g/mol. The Morgan fingerprint density at radius 3 is 2.73 bits per heavy atom. The van der Waals surface area contributed by atoms with E-state index < -0.39 is 0 Å². The fourth-order valence-corrected chi connectivity index (χ4v) is 1.80. The van der Waals surface area contributed by atoms with Crippen LogP contribution in [0.5, 0.6) is 5.75 Å². The molecule has 0 bridgehead atoms. The number of fused-ring (bicyclic) bond motifs is 1. The Morgan fingerprint density at radius 1 is 1.40 bits per heavy atom. The zero-order valence-electron chi connectivity index (χ0n) is 9.05. The Hall–Kier alpha value is -1.77. The first-order valence-electron chi connectivity index (χ1n) is 4.80. The van der Waals surface area contributed by atoms with E-state index in [1.807, 2.05) is 25.1 Å². The van der Waals surface area contributed by atoms with Crippen molar-refractivity contribution in [3.63, 3.8) is 0 Å². The molecule has 1 N–H and O–H groups in total. The second-order valence-electron chi connectivity index (χ2n) is 3.59. The van der Waals surface area contributed by atoms with Crippen molar-refractivity contribution >= 4 is 16.7 Å². The van der Waals surface area contributed by atoms with Gasteiger partial charge in [-0.25, -0.2) is 0 Å². The molecule has 0 unspecified atom stereocenters. The van der Waals surface area contributed by atoms with Crippen LogP contribution in [0.4, 0.5) is 0 Å². The lowest BCUT2D eigenvalue weighted by Gasteiger charge is -1.98. The van der Waals surface area contributed by atoms with Gasteiger partial charge in [-0.1, -0.05) is 0 Å². The number of hydrogen-bond acceptors (Lipinski definition) is 2. The summed E-state index contributed by atoms with van der Waals surface area (Å²) in [6, 6.07) is 5.76. The lowest BCUT2D eigenvalue weighted by Crippen LogP contribution is -1.93. The largest absolute Gasteiger partial charge is 0.497 e. The highest BCUT2D eigenvalue weighted by Gasteiger charge is 2.11. The highest BCUT2D eigenvalue weighted by atomic mass is 16.5. The summed E-state index contributed by atoms with van der Waals surface area (Å²) in [7, 11) is 1.63. The number of ether oxygens (including phenoxy) is 1. The second kappa shape index (κ2) is 3.42. The number of aryl methyl sites for hydroxylation is 1. The van der Waals surface area contributed by atoms with E-state index in [9.17, 15) is 4.79 Å². The summed E-state index contributed by atoms with van der Waals surface area (Å²) in [6.45, 7) is 3.51. The quantitative estimate of drug-likeness (QED) is 0.762. The summed E-state index contributed by atoms with van der Waals surface area (Å²) < 4.78 is 5.13. The minimum atomic E-state index is 0.0580. The summed E-state index contributed by atoms with van der Waals surface area (Å²) in [4.78, 5) is 14.4. The van der Waals surface area contributed by atoms with Crippen molar-refractivity contribution in [1.29, 1.82) is 0 Å². The first-order chi connectivity index (χ1) is 7.13. The maximum Gasteiger partial charge on any atom is 0.176 e. The van der Waals surface area contributed by atoms with Crippen LogP contribution in [0.15, 0.2) is 18.2 Å². The van der Waals surface area contributed by atoms with Crippen LogP contribution in [-0.2, 0) is 0 Å². The van der Waals surface area contributed by atoms with Gasteiger partial charge in [-0.15, -0.1) is 0 Å². The molecule has 0 saturated carbocycles. The number of aromatic nitrogens is 1. The first-order valence-corrected chi connectivity index (χ1v) is 4.80. The third-order valence-corrected chi connectivity index (χ3v) is 2.62. The Labute approximate surface area is 88.1 Å². The number of carbonyl (C=O) groups excluding carboxylic acids is 1. The zero-order chi connectivity index (χ0) is 11.0. The maximum atomic E-state index is 11.3. The van der Waals surface area contributed by atoms with Crippen LogP contribution in [0.25, 0.3) is 10.9 Å². The Morgan fingerprint density at radius 2 is 2.13 bits per heavy atom. The number of hydrogen-bond donors (Lipinski definition) is 1. The lowest BCUT2D eigenvalue weighted by molar-refractivity contribution is 0.101. The highest BCUT2D eigenvalue weighted by Crippen LogP contribution is 2.25. The predicted molar refractivity (Wildman–Crippen MR) is 59.6 cm³/mol. The van der Waals surface area contributed by atoms with E-state index in [-0.39, 0.29) is 5.78 Å². The third kappa shape index (κ3) is 1.50. The summed E-state index contributed by atoms with van der Waals surface area (Å²) in [6.07, 6.45) is 0. The molecule has 0 radical (unpaired) electrons. The van der Waals surface area contributed by atoms with E-state index in [0.717, 1.165) is 22.2 Å². The van der Waals surface area contributed by atoms with Crippen LogP contribution >= 0.6 is 0 Å². The summed E-state index contributed by atoms with van der Waals surface area (Å²) in [5.41, 5.74) is 2.62. The normalized spacial score (nSPS) is 10.6. The van der Waals surface area contributed by atoms with E-state index in [2.05, 4.69) is 4.98 Å². The van der Waals surface area contributed by atoms with Crippen LogP contribution in [0.3, 0.4) is 0 Å². The van der Waals surface area contributed by atoms with Crippen molar-refractivity contribution in [3.8, 4) is 5.75 Å². The van der Waals surface area contributed by atoms with Crippen molar-refractivity contribution in [3.05, 3.63) is 29.5 Å². The molecule has 1 heterocycles. The lowest BCUT2D eigenvalue weighted by atomic mass is 10.1. The van der Waals surface area contributed by atoms with Gasteiger partial charge < -0.3 is 9.72 Å². The molecule has 2 rings (SSSR count). The predicted octanol–water partition coefficient (Wildman–Crippen LogP) is 2.69. The van der Waals surface area contributed by atoms with E-state index in [4.69, 9.17) is 4.74 Å². The van der Waals surface area contributed by atoms with Gasteiger partial charge in [0.1, 0.15) is 5.75 Å². The number of carbonyl (C=O) groups is 1. The Kier molecular flexibility index (Phi) is 2.23. The fourth-order valence-electron chi connectivity index (χ4n) is 1.80. The van der Waals surface area contributed by atoms with Gasteiger partial charge in [0.25, 0.3) is 0 Å². The molecule has 1 aromatic heterocycles. The number of methoxy groups -OCH3 is 1. The van der Waals surface area contributed by atoms with Crippen LogP contribution in [0.1, 0.15) is 23.0 Å². The number of nitrogens with one attached hydrogen (secondary N) is 1. The summed E-state index contributed by atoms with van der Waals surface area (Å²) in [5.74, 6) is 0.849. The molecule has 0 amide bonds. The molecule has 78 valence electrons. The van der Waals surface area contributed by atoms with Crippen LogP contribution in [0, 0.1) is 6.92 Å². The van der Waals surface area contributed by atoms with Crippen molar-refractivity contribution in [1.82, 2.24) is 4.98 Å². The average Bonchev–Trinajstić information content (AvgIpc) is 2.55. The highest BCUT2D eigenvalue weighted by molar-refractivity contribution is 6.01. The minimum absolute atomic E-state index is 0.0580. The van der Waals surface area contributed by atoms with E-state index in [0.29, 0.717) is 5.69 Å². The molecule has 0 aliphatic carbocycles. The molecule has 1 aromatic carbocycles. The van der Waals surface area contributed by atoms with Gasteiger partial charge in [-0.2, -0.15) is 0 Å². The first kappa shape index (κ1) is 9.77. The van der Waals surface area contributed by atoms with Gasteiger partial charge >= 0.3 is 0 Å². The molecule has 0 spiro atoms. The smallest absolute Gasteiger partial charge is 0.176 e. The van der Waals surface area contributed by atoms with Gasteiger partial charge in [0.05, 0.1) is 12.8 Å². The van der Waals surface area contributed by atoms with Gasteiger partial charge in [-0.05, 0) is 24.6 Å². The Balaban J connectivity index is 2.70. The molecule has 2 aromatic rings. The van der Waals surface area contributed by atoms with E-state index in [1.165, 1.54) is 0 Å². The van der Waals surface area contributed by atoms with Gasteiger partial charge in [0.15, 0.2) is 5.78 Å². The zero-order valence-corrected chi connectivity index (χ0v) is 9.05. The number of benzene rings is 1. The standard InChI is InChI=1S/C12H13NO2/c1-7-10-5-4-9(15-3)6-11(10)13-12(7)8(2)14/h4-6,13H,1-3H3. The topological polar surface area (TPSA) is 42.1 Å². The Bertz CT molecular complexity index is 526. The van der Waals surface area contributed by atoms with Crippen molar-refractivity contribution in [2.75, 3.05) is 7.11 Å². The minimum Gasteiger partial charge on any atom is -0.497 e. The van der Waals surface area contributed by atoms with Gasteiger partial charge in [0.2, 0.25) is 0 Å². The van der Waals surface area contributed by atoms with Gasteiger partial charge in [0, 0.05) is 23.9 Å². The van der Waals surface area contributed by atoms with E-state index in [1.54, 1.807) is 14.0 Å². The number of ketones is 1. The average molecular weight is 203 g/mol. The number of Topliss-reactive ketones (excluding diaryl/α,β-unsaturated/α-hetero) is 1. The summed E-state index contributed by atoms with van der Waals surface area (Å²) in [5, 5.41) is 1.07. The number of aromatic amines is 1. The molecule has 0 atom stereocenters. The van der Waals surface area contributed by atoms with Gasteiger partial charge in [-0.3, -0.25) is 4.79 Å². The third-order valence-electron chi connectivity index (χ3n) is 2.62. The van der Waals surface area contributed by atoms with Crippen LogP contribution < -0.4 is 4.74 Å². The monoisotopic (exact) mass is 203 g/mol. The van der Waals surface area contributed by atoms with Crippen molar-refractivity contribution < 1.29 is 9.53 Å². The molecule has 0 fully saturated rings. The SMILES string of the molecule is COc1ccc2c(C)c(C(C)=O)[nH]c2c1. The number of H-pyrrole nitrogens is 1. The molecule has 15 heavy (non-hydrogen) atoms. The maximum absolute atomic E-state index is 11.3. The molecule has 3 heteroatoms. The molecule has 0 aliphatic heterocycles. The number of rotatable bonds is 2. The van der Waals surface area contributed by atoms with Crippen LogP contribution in [0.2, 0.25) is 0 Å². The molecule has 3 nitrogen and oxygen atoms in total. The molecule has 0 aliphatic rings. The van der Waals surface area contributed by atoms with Crippen molar-refractivity contribution in [2.45, 2.75) is 13.8 Å². The fraction of sp³-hybridized carbons (Fsp3) is 0.250. The van der Waals surface area contributed by atoms with Crippen LogP contribution in [-0.4, -0.2) is 17.9 Å². The second-order valence-corrected chi connectivity index (χ2v) is 3.59.